The molecule has 28 heavy (non-hydrogen) atoms. The number of carbonyl (C=O) groups is 1. The molecule has 1 atom stereocenters. The molecular weight excluding hydrogens is 395 g/mol. The van der Waals surface area contributed by atoms with Gasteiger partial charge in [-0.25, -0.2) is 4.79 Å². The van der Waals surface area contributed by atoms with Crippen molar-refractivity contribution in [1.82, 2.24) is 9.47 Å². The van der Waals surface area contributed by atoms with Crippen LogP contribution in [-0.2, 0) is 4.74 Å². The third kappa shape index (κ3) is 3.68. The zero-order valence-electron chi connectivity index (χ0n) is 16.3. The van der Waals surface area contributed by atoms with Crippen LogP contribution in [0.5, 0.6) is 0 Å². The summed E-state index contributed by atoms with van der Waals surface area (Å²) in [6.07, 6.45) is 1.69. The Morgan fingerprint density at radius 2 is 1.61 bits per heavy atom. The van der Waals surface area contributed by atoms with E-state index in [0.29, 0.717) is 16.6 Å². The summed E-state index contributed by atoms with van der Waals surface area (Å²) < 4.78 is 7.92. The van der Waals surface area contributed by atoms with Crippen molar-refractivity contribution in [2.45, 2.75) is 45.3 Å². The lowest BCUT2D eigenvalue weighted by Crippen LogP contribution is -2.43. The minimum atomic E-state index is -0.496. The molecule has 4 nitrogen and oxygen atoms in total. The van der Waals surface area contributed by atoms with E-state index in [1.807, 2.05) is 49.9 Å². The standard InChI is InChI=1S/C22H24Cl2N2O2/c1-22(2,3)28-21(27)25-10-4-5-16(13-25)26-19-8-6-14(23)11-17(19)18-12-15(24)7-9-20(18)26/h6-9,11-12,16H,4-5,10,13H2,1-3H3. The Balaban J connectivity index is 1.76. The number of likely N-dealkylation sites (tertiary alicyclic amines) is 1. The first-order valence-electron chi connectivity index (χ1n) is 9.59. The quantitative estimate of drug-likeness (QED) is 0.441. The smallest absolute Gasteiger partial charge is 0.410 e. The van der Waals surface area contributed by atoms with Gasteiger partial charge in [-0.15, -0.1) is 0 Å². The van der Waals surface area contributed by atoms with Crippen LogP contribution in [-0.4, -0.2) is 34.3 Å². The number of hydrogen-bond acceptors (Lipinski definition) is 2. The van der Waals surface area contributed by atoms with E-state index in [-0.39, 0.29) is 12.1 Å². The number of nitrogens with zero attached hydrogens (tertiary/aromatic N) is 2. The average molecular weight is 419 g/mol. The number of amides is 1. The van der Waals surface area contributed by atoms with Gasteiger partial charge in [0, 0.05) is 44.9 Å². The van der Waals surface area contributed by atoms with E-state index >= 15 is 0 Å². The molecule has 3 aromatic rings. The number of ether oxygens (including phenoxy) is 1. The van der Waals surface area contributed by atoms with Gasteiger partial charge in [-0.3, -0.25) is 0 Å². The van der Waals surface area contributed by atoms with Crippen LogP contribution in [0.15, 0.2) is 36.4 Å². The largest absolute Gasteiger partial charge is 0.444 e. The van der Waals surface area contributed by atoms with Crippen LogP contribution >= 0.6 is 23.2 Å². The summed E-state index contributed by atoms with van der Waals surface area (Å²) in [6, 6.07) is 12.1. The number of benzene rings is 2. The van der Waals surface area contributed by atoms with Gasteiger partial charge in [-0.1, -0.05) is 23.2 Å². The molecule has 1 aromatic heterocycles. The molecule has 0 spiro atoms. The summed E-state index contributed by atoms with van der Waals surface area (Å²) in [5.74, 6) is 0. The Morgan fingerprint density at radius 1 is 1.04 bits per heavy atom. The maximum Gasteiger partial charge on any atom is 0.410 e. The zero-order chi connectivity index (χ0) is 20.1. The van der Waals surface area contributed by atoms with Crippen molar-refractivity contribution in [2.24, 2.45) is 0 Å². The molecule has 2 aromatic carbocycles. The molecule has 0 bridgehead atoms. The van der Waals surface area contributed by atoms with Gasteiger partial charge >= 0.3 is 6.09 Å². The fourth-order valence-corrected chi connectivity index (χ4v) is 4.39. The van der Waals surface area contributed by atoms with Gasteiger partial charge in [-0.2, -0.15) is 0 Å². The van der Waals surface area contributed by atoms with Crippen molar-refractivity contribution in [3.8, 4) is 0 Å². The summed E-state index contributed by atoms with van der Waals surface area (Å²) in [5.41, 5.74) is 1.72. The maximum absolute atomic E-state index is 12.6. The molecule has 1 fully saturated rings. The van der Waals surface area contributed by atoms with Crippen LogP contribution in [0.3, 0.4) is 0 Å². The van der Waals surface area contributed by atoms with Crippen molar-refractivity contribution in [1.29, 1.82) is 0 Å². The molecule has 1 aliphatic heterocycles. The second-order valence-corrected chi connectivity index (χ2v) is 9.29. The summed E-state index contributed by atoms with van der Waals surface area (Å²) >= 11 is 12.5. The van der Waals surface area contributed by atoms with Gasteiger partial charge in [0.2, 0.25) is 0 Å². The highest BCUT2D eigenvalue weighted by molar-refractivity contribution is 6.33. The Bertz CT molecular complexity index is 993. The molecule has 4 rings (SSSR count). The zero-order valence-corrected chi connectivity index (χ0v) is 17.8. The van der Waals surface area contributed by atoms with E-state index in [1.54, 1.807) is 0 Å². The molecule has 0 aliphatic carbocycles. The molecule has 148 valence electrons. The van der Waals surface area contributed by atoms with Crippen LogP contribution in [0.25, 0.3) is 21.8 Å². The highest BCUT2D eigenvalue weighted by Gasteiger charge is 2.30. The number of rotatable bonds is 1. The number of piperidine rings is 1. The number of aromatic nitrogens is 1. The molecular formula is C22H24Cl2N2O2. The van der Waals surface area contributed by atoms with E-state index < -0.39 is 5.60 Å². The minimum absolute atomic E-state index is 0.170. The van der Waals surface area contributed by atoms with Gasteiger partial charge in [0.25, 0.3) is 0 Å². The van der Waals surface area contributed by atoms with Crippen molar-refractivity contribution >= 4 is 51.1 Å². The first-order valence-corrected chi connectivity index (χ1v) is 10.4. The van der Waals surface area contributed by atoms with Crippen LogP contribution in [0.2, 0.25) is 10.0 Å². The molecule has 6 heteroatoms. The Labute approximate surface area is 174 Å². The van der Waals surface area contributed by atoms with E-state index in [9.17, 15) is 4.79 Å². The van der Waals surface area contributed by atoms with Crippen molar-refractivity contribution < 1.29 is 9.53 Å². The van der Waals surface area contributed by atoms with Gasteiger partial charge in [0.15, 0.2) is 0 Å². The van der Waals surface area contributed by atoms with Crippen molar-refractivity contribution in [3.05, 3.63) is 46.4 Å². The molecule has 1 aliphatic rings. The second kappa shape index (κ2) is 7.16. The Kier molecular flexibility index (Phi) is 4.96. The molecule has 1 saturated heterocycles. The average Bonchev–Trinajstić information content (AvgIpc) is 2.93. The predicted octanol–water partition coefficient (Wildman–Crippen LogP) is 6.67. The highest BCUT2D eigenvalue weighted by atomic mass is 35.5. The molecule has 0 saturated carbocycles. The maximum atomic E-state index is 12.6. The molecule has 2 heterocycles. The van der Waals surface area contributed by atoms with Crippen molar-refractivity contribution in [2.75, 3.05) is 13.1 Å². The molecule has 1 unspecified atom stereocenters. The molecule has 0 N–H and O–H groups in total. The van der Waals surface area contributed by atoms with Crippen LogP contribution in [0.4, 0.5) is 4.79 Å². The Hall–Kier alpha value is -1.91. The first-order chi connectivity index (χ1) is 13.2. The van der Waals surface area contributed by atoms with Gasteiger partial charge in [0.05, 0.1) is 6.04 Å². The van der Waals surface area contributed by atoms with Crippen LogP contribution < -0.4 is 0 Å². The normalized spacial score (nSPS) is 18.0. The fraction of sp³-hybridized carbons (Fsp3) is 0.409. The lowest BCUT2D eigenvalue weighted by molar-refractivity contribution is 0.0176. The summed E-state index contributed by atoms with van der Waals surface area (Å²) in [4.78, 5) is 14.4. The van der Waals surface area contributed by atoms with Gasteiger partial charge in [-0.05, 0) is 70.0 Å². The summed E-state index contributed by atoms with van der Waals surface area (Å²) in [6.45, 7) is 7.03. The number of fused-ring (bicyclic) bond motifs is 3. The SMILES string of the molecule is CC(C)(C)OC(=O)N1CCCC(n2c3ccc(Cl)cc3c3cc(Cl)ccc32)C1. The van der Waals surface area contributed by atoms with Crippen LogP contribution in [0.1, 0.15) is 39.7 Å². The minimum Gasteiger partial charge on any atom is -0.444 e. The second-order valence-electron chi connectivity index (χ2n) is 8.42. The summed E-state index contributed by atoms with van der Waals surface area (Å²) in [5, 5.41) is 3.56. The fourth-order valence-electron chi connectivity index (χ4n) is 4.05. The summed E-state index contributed by atoms with van der Waals surface area (Å²) in [7, 11) is 0. The molecule has 1 amide bonds. The first kappa shape index (κ1) is 19.4. The number of hydrogen-bond donors (Lipinski definition) is 0. The van der Waals surface area contributed by atoms with Crippen molar-refractivity contribution in [3.63, 3.8) is 0 Å². The van der Waals surface area contributed by atoms with E-state index in [2.05, 4.69) is 16.7 Å². The van der Waals surface area contributed by atoms with E-state index in [4.69, 9.17) is 27.9 Å². The number of halogens is 2. The van der Waals surface area contributed by atoms with E-state index in [0.717, 1.165) is 41.2 Å². The topological polar surface area (TPSA) is 34.5 Å². The lowest BCUT2D eigenvalue weighted by Gasteiger charge is -2.35. The van der Waals surface area contributed by atoms with E-state index in [1.165, 1.54) is 0 Å². The predicted molar refractivity (Wildman–Crippen MR) is 116 cm³/mol. The van der Waals surface area contributed by atoms with Gasteiger partial charge < -0.3 is 14.2 Å². The monoisotopic (exact) mass is 418 g/mol. The Morgan fingerprint density at radius 3 is 2.14 bits per heavy atom. The lowest BCUT2D eigenvalue weighted by atomic mass is 10.1. The van der Waals surface area contributed by atoms with Gasteiger partial charge in [0.1, 0.15) is 5.60 Å². The third-order valence-corrected chi connectivity index (χ3v) is 5.61. The third-order valence-electron chi connectivity index (χ3n) is 5.14. The van der Waals surface area contributed by atoms with Crippen LogP contribution in [0, 0.1) is 0 Å². The molecule has 0 radical (unpaired) electrons. The number of carbonyl (C=O) groups excluding carboxylic acids is 1. The highest BCUT2D eigenvalue weighted by Crippen LogP contribution is 2.37.